The number of halogens is 1. The Labute approximate surface area is 124 Å². The van der Waals surface area contributed by atoms with Crippen LogP contribution in [0, 0.1) is 11.8 Å². The topological polar surface area (TPSA) is 72.4 Å². The summed E-state index contributed by atoms with van der Waals surface area (Å²) < 4.78 is 0. The predicted octanol–water partition coefficient (Wildman–Crippen LogP) is 2.00. The minimum absolute atomic E-state index is 0.319. The minimum atomic E-state index is -0.487. The van der Waals surface area contributed by atoms with Gasteiger partial charge in [-0.2, -0.15) is 0 Å². The Balaban J connectivity index is 1.81. The molecule has 1 aliphatic heterocycles. The van der Waals surface area contributed by atoms with Gasteiger partial charge >= 0.3 is 0 Å². The summed E-state index contributed by atoms with van der Waals surface area (Å²) in [4.78, 5) is 13.5. The molecule has 0 bridgehead atoms. The van der Waals surface area contributed by atoms with Gasteiger partial charge in [0.15, 0.2) is 0 Å². The van der Waals surface area contributed by atoms with Crippen LogP contribution in [0.1, 0.15) is 29.6 Å². The summed E-state index contributed by atoms with van der Waals surface area (Å²) >= 11 is 6.13. The highest BCUT2D eigenvalue weighted by atomic mass is 35.5. The van der Waals surface area contributed by atoms with Crippen molar-refractivity contribution in [2.75, 3.05) is 18.0 Å². The quantitative estimate of drug-likeness (QED) is 0.876. The third kappa shape index (κ3) is 2.38. The van der Waals surface area contributed by atoms with E-state index in [2.05, 4.69) is 4.90 Å². The fraction of sp³-hybridized carbons (Fsp3) is 0.533. The Bertz CT molecular complexity index is 534. The van der Waals surface area contributed by atoms with E-state index in [0.29, 0.717) is 28.5 Å². The predicted molar refractivity (Wildman–Crippen MR) is 81.0 cm³/mol. The van der Waals surface area contributed by atoms with Crippen molar-refractivity contribution in [2.24, 2.45) is 23.3 Å². The molecular weight excluding hydrogens is 274 g/mol. The van der Waals surface area contributed by atoms with E-state index in [0.717, 1.165) is 25.2 Å². The Morgan fingerprint density at radius 2 is 2.10 bits per heavy atom. The van der Waals surface area contributed by atoms with Gasteiger partial charge in [-0.1, -0.05) is 18.0 Å². The maximum absolute atomic E-state index is 11.2. The lowest BCUT2D eigenvalue weighted by Gasteiger charge is -2.29. The van der Waals surface area contributed by atoms with E-state index in [9.17, 15) is 4.79 Å². The van der Waals surface area contributed by atoms with E-state index in [-0.39, 0.29) is 0 Å². The molecule has 1 aromatic carbocycles. The summed E-state index contributed by atoms with van der Waals surface area (Å²) in [6.07, 6.45) is 3.63. The molecule has 1 saturated heterocycles. The monoisotopic (exact) mass is 293 g/mol. The van der Waals surface area contributed by atoms with Gasteiger partial charge in [0.05, 0.1) is 10.6 Å². The van der Waals surface area contributed by atoms with Crippen LogP contribution in [0.15, 0.2) is 18.2 Å². The van der Waals surface area contributed by atoms with Crippen LogP contribution in [-0.4, -0.2) is 25.0 Å². The van der Waals surface area contributed by atoms with Crippen molar-refractivity contribution in [1.82, 2.24) is 0 Å². The van der Waals surface area contributed by atoms with Crippen molar-refractivity contribution in [3.63, 3.8) is 0 Å². The first-order chi connectivity index (χ1) is 9.56. The van der Waals surface area contributed by atoms with Gasteiger partial charge in [-0.05, 0) is 42.9 Å². The smallest absolute Gasteiger partial charge is 0.250 e. The second-order valence-electron chi connectivity index (χ2n) is 5.95. The second-order valence-corrected chi connectivity index (χ2v) is 6.36. The number of primary amides is 1. The highest BCUT2D eigenvalue weighted by Crippen LogP contribution is 2.38. The van der Waals surface area contributed by atoms with Gasteiger partial charge in [0.25, 0.3) is 0 Å². The molecule has 20 heavy (non-hydrogen) atoms. The molecule has 4 nitrogen and oxygen atoms in total. The highest BCUT2D eigenvalue weighted by Gasteiger charge is 2.38. The Kier molecular flexibility index (Phi) is 3.61. The highest BCUT2D eigenvalue weighted by molar-refractivity contribution is 6.34. The molecule has 1 heterocycles. The zero-order chi connectivity index (χ0) is 14.3. The zero-order valence-corrected chi connectivity index (χ0v) is 12.1. The fourth-order valence-corrected chi connectivity index (χ4v) is 3.90. The molecule has 1 aliphatic carbocycles. The third-order valence-corrected chi connectivity index (χ3v) is 5.05. The average Bonchev–Trinajstić information content (AvgIpc) is 2.83. The first kappa shape index (κ1) is 13.7. The van der Waals surface area contributed by atoms with Crippen LogP contribution in [0.25, 0.3) is 0 Å². The standard InChI is InChI=1S/C15H20ClN3O/c16-13-6-10(4-5-11(13)15(18)20)19-7-9-2-1-3-14(17)12(9)8-19/h4-6,9,12,14H,1-3,7-8,17H2,(H2,18,20). The lowest BCUT2D eigenvalue weighted by Crippen LogP contribution is -2.38. The van der Waals surface area contributed by atoms with Gasteiger partial charge in [-0.25, -0.2) is 0 Å². The first-order valence-corrected chi connectivity index (χ1v) is 7.54. The first-order valence-electron chi connectivity index (χ1n) is 7.16. The van der Waals surface area contributed by atoms with Crippen LogP contribution >= 0.6 is 11.6 Å². The maximum atomic E-state index is 11.2. The number of fused-ring (bicyclic) bond motifs is 1. The molecule has 0 aromatic heterocycles. The number of nitrogens with two attached hydrogens (primary N) is 2. The molecule has 1 amide bonds. The molecule has 4 N–H and O–H groups in total. The number of hydrogen-bond acceptors (Lipinski definition) is 3. The molecule has 0 spiro atoms. The summed E-state index contributed by atoms with van der Waals surface area (Å²) in [7, 11) is 0. The van der Waals surface area contributed by atoms with E-state index >= 15 is 0 Å². The van der Waals surface area contributed by atoms with Gasteiger partial charge in [0.2, 0.25) is 5.91 Å². The normalized spacial score (nSPS) is 29.3. The molecule has 2 aliphatic rings. The number of carbonyl (C=O) groups is 1. The molecule has 3 rings (SSSR count). The van der Waals surface area contributed by atoms with Crippen LogP contribution in [0.3, 0.4) is 0 Å². The number of hydrogen-bond donors (Lipinski definition) is 2. The Morgan fingerprint density at radius 3 is 2.75 bits per heavy atom. The van der Waals surface area contributed by atoms with E-state index in [1.807, 2.05) is 12.1 Å². The number of nitrogens with zero attached hydrogens (tertiary/aromatic N) is 1. The zero-order valence-electron chi connectivity index (χ0n) is 11.4. The van der Waals surface area contributed by atoms with Crippen LogP contribution in [0.2, 0.25) is 5.02 Å². The van der Waals surface area contributed by atoms with Crippen molar-refractivity contribution in [2.45, 2.75) is 25.3 Å². The minimum Gasteiger partial charge on any atom is -0.371 e. The average molecular weight is 294 g/mol. The van der Waals surface area contributed by atoms with E-state index in [1.165, 1.54) is 12.8 Å². The molecule has 108 valence electrons. The SMILES string of the molecule is NC(=O)c1ccc(N2CC3CCCC(N)C3C2)cc1Cl. The van der Waals surface area contributed by atoms with Crippen LogP contribution in [-0.2, 0) is 0 Å². The van der Waals surface area contributed by atoms with Gasteiger partial charge in [-0.15, -0.1) is 0 Å². The maximum Gasteiger partial charge on any atom is 0.250 e. The van der Waals surface area contributed by atoms with E-state index in [4.69, 9.17) is 23.1 Å². The van der Waals surface area contributed by atoms with Crippen LogP contribution < -0.4 is 16.4 Å². The summed E-state index contributed by atoms with van der Waals surface area (Å²) in [5, 5.41) is 0.425. The molecular formula is C15H20ClN3O. The number of carbonyl (C=O) groups excluding carboxylic acids is 1. The molecule has 3 unspecified atom stereocenters. The molecule has 1 aromatic rings. The van der Waals surface area contributed by atoms with Crippen LogP contribution in [0.4, 0.5) is 5.69 Å². The van der Waals surface area contributed by atoms with Crippen molar-refractivity contribution < 1.29 is 4.79 Å². The van der Waals surface area contributed by atoms with Crippen molar-refractivity contribution >= 4 is 23.2 Å². The van der Waals surface area contributed by atoms with Gasteiger partial charge in [0.1, 0.15) is 0 Å². The largest absolute Gasteiger partial charge is 0.371 e. The van der Waals surface area contributed by atoms with Gasteiger partial charge in [-0.3, -0.25) is 4.79 Å². The van der Waals surface area contributed by atoms with E-state index < -0.39 is 5.91 Å². The van der Waals surface area contributed by atoms with Gasteiger partial charge < -0.3 is 16.4 Å². The van der Waals surface area contributed by atoms with Crippen molar-refractivity contribution in [3.8, 4) is 0 Å². The van der Waals surface area contributed by atoms with Crippen molar-refractivity contribution in [1.29, 1.82) is 0 Å². The Hall–Kier alpha value is -1.26. The number of benzene rings is 1. The second kappa shape index (κ2) is 5.26. The molecule has 1 saturated carbocycles. The number of anilines is 1. The molecule has 3 atom stereocenters. The summed E-state index contributed by atoms with van der Waals surface area (Å²) in [6, 6.07) is 5.79. The lowest BCUT2D eigenvalue weighted by molar-refractivity contribution is 0.100. The van der Waals surface area contributed by atoms with Gasteiger partial charge in [0, 0.05) is 24.8 Å². The molecule has 0 radical (unpaired) electrons. The lowest BCUT2D eigenvalue weighted by atomic mass is 9.78. The summed E-state index contributed by atoms with van der Waals surface area (Å²) in [6.45, 7) is 2.02. The summed E-state index contributed by atoms with van der Waals surface area (Å²) in [5.74, 6) is 0.783. The number of rotatable bonds is 2. The summed E-state index contributed by atoms with van der Waals surface area (Å²) in [5.41, 5.74) is 13.0. The third-order valence-electron chi connectivity index (χ3n) is 4.74. The molecule has 2 fully saturated rings. The van der Waals surface area contributed by atoms with Crippen molar-refractivity contribution in [3.05, 3.63) is 28.8 Å². The number of amides is 1. The van der Waals surface area contributed by atoms with Crippen LogP contribution in [0.5, 0.6) is 0 Å². The fourth-order valence-electron chi connectivity index (χ4n) is 3.63. The molecule has 5 heteroatoms. The van der Waals surface area contributed by atoms with E-state index in [1.54, 1.807) is 6.07 Å². The Morgan fingerprint density at radius 1 is 1.30 bits per heavy atom.